The molecule has 1 amide bonds. The Balaban J connectivity index is 1.58. The molecule has 1 aromatic heterocycles. The Morgan fingerprint density at radius 3 is 2.27 bits per heavy atom. The van der Waals surface area contributed by atoms with Gasteiger partial charge in [0.25, 0.3) is 5.91 Å². The number of carbonyl (C=O) groups is 2. The third kappa shape index (κ3) is 5.06. The molecule has 1 N–H and O–H groups in total. The van der Waals surface area contributed by atoms with E-state index in [4.69, 9.17) is 13.9 Å². The van der Waals surface area contributed by atoms with Crippen LogP contribution in [0, 0.1) is 13.8 Å². The van der Waals surface area contributed by atoms with Crippen molar-refractivity contribution in [3.63, 3.8) is 0 Å². The summed E-state index contributed by atoms with van der Waals surface area (Å²) >= 11 is 0. The van der Waals surface area contributed by atoms with Crippen LogP contribution in [0.5, 0.6) is 11.5 Å². The van der Waals surface area contributed by atoms with Crippen LogP contribution in [0.2, 0.25) is 0 Å². The molecule has 0 aliphatic carbocycles. The Morgan fingerprint density at radius 2 is 1.58 bits per heavy atom. The molecule has 0 saturated heterocycles. The number of aryl methyl sites for hydroxylation is 2. The smallest absolute Gasteiger partial charge is 0.262 e. The summed E-state index contributed by atoms with van der Waals surface area (Å²) < 4.78 is 17.0. The number of hydrogen-bond acceptors (Lipinski definition) is 5. The van der Waals surface area contributed by atoms with Crippen molar-refractivity contribution >= 4 is 28.3 Å². The second-order valence-electron chi connectivity index (χ2n) is 7.75. The molecule has 0 bridgehead atoms. The maximum Gasteiger partial charge on any atom is 0.262 e. The number of fused-ring (bicyclic) bond motifs is 1. The number of carbonyl (C=O) groups excluding carboxylic acids is 2. The first-order valence-electron chi connectivity index (χ1n) is 10.7. The predicted octanol–water partition coefficient (Wildman–Crippen LogP) is 5.70. The summed E-state index contributed by atoms with van der Waals surface area (Å²) in [6, 6.07) is 19.8. The van der Waals surface area contributed by atoms with Gasteiger partial charge in [-0.3, -0.25) is 9.59 Å². The number of rotatable bonds is 8. The molecule has 6 heteroatoms. The molecule has 0 fully saturated rings. The lowest BCUT2D eigenvalue weighted by Crippen LogP contribution is -2.21. The van der Waals surface area contributed by atoms with Gasteiger partial charge in [-0.2, -0.15) is 0 Å². The van der Waals surface area contributed by atoms with Gasteiger partial charge in [0.05, 0.1) is 12.3 Å². The molecular formula is C27H25NO5. The van der Waals surface area contributed by atoms with Crippen LogP contribution in [-0.2, 0) is 4.79 Å². The third-order valence-corrected chi connectivity index (χ3v) is 5.06. The third-order valence-electron chi connectivity index (χ3n) is 5.06. The Labute approximate surface area is 192 Å². The molecule has 0 radical (unpaired) electrons. The highest BCUT2D eigenvalue weighted by Crippen LogP contribution is 2.33. The lowest BCUT2D eigenvalue weighted by atomic mass is 10.1. The van der Waals surface area contributed by atoms with Gasteiger partial charge in [-0.1, -0.05) is 18.2 Å². The van der Waals surface area contributed by atoms with Crippen LogP contribution < -0.4 is 14.8 Å². The van der Waals surface area contributed by atoms with E-state index >= 15 is 0 Å². The zero-order chi connectivity index (χ0) is 23.4. The van der Waals surface area contributed by atoms with Gasteiger partial charge in [-0.05, 0) is 80.4 Å². The van der Waals surface area contributed by atoms with Crippen molar-refractivity contribution in [1.82, 2.24) is 0 Å². The first kappa shape index (κ1) is 22.1. The Bertz CT molecular complexity index is 1280. The minimum atomic E-state index is -0.388. The van der Waals surface area contributed by atoms with Crippen LogP contribution in [0.25, 0.3) is 11.0 Å². The number of ether oxygens (including phenoxy) is 2. The minimum absolute atomic E-state index is 0.0695. The number of benzene rings is 3. The summed E-state index contributed by atoms with van der Waals surface area (Å²) in [5, 5.41) is 3.46. The number of furan rings is 1. The molecule has 168 valence electrons. The second-order valence-corrected chi connectivity index (χ2v) is 7.75. The summed E-state index contributed by atoms with van der Waals surface area (Å²) in [4.78, 5) is 25.9. The largest absolute Gasteiger partial charge is 0.494 e. The van der Waals surface area contributed by atoms with Crippen LogP contribution in [0.3, 0.4) is 0 Å². The highest BCUT2D eigenvalue weighted by Gasteiger charge is 2.23. The number of ketones is 1. The molecule has 33 heavy (non-hydrogen) atoms. The fraction of sp³-hybridized carbons (Fsp3) is 0.185. The zero-order valence-electron chi connectivity index (χ0n) is 18.8. The molecule has 0 unspecified atom stereocenters. The Hall–Kier alpha value is -4.06. The monoisotopic (exact) mass is 443 g/mol. The van der Waals surface area contributed by atoms with Crippen LogP contribution in [-0.4, -0.2) is 24.9 Å². The number of amides is 1. The van der Waals surface area contributed by atoms with E-state index in [0.717, 1.165) is 11.1 Å². The van der Waals surface area contributed by atoms with Crippen molar-refractivity contribution in [3.05, 3.63) is 89.2 Å². The number of para-hydroxylation sites is 1. The van der Waals surface area contributed by atoms with Gasteiger partial charge in [-0.15, -0.1) is 0 Å². The quantitative estimate of drug-likeness (QED) is 0.354. The maximum absolute atomic E-state index is 13.2. The SMILES string of the molecule is CCOc1ccc(C(=O)c2oc3ccccc3c2NC(=O)COc2cc(C)cc(C)c2)cc1. The lowest BCUT2D eigenvalue weighted by Gasteiger charge is -2.09. The van der Waals surface area contributed by atoms with E-state index in [1.165, 1.54) is 0 Å². The average Bonchev–Trinajstić information content (AvgIpc) is 3.16. The number of anilines is 1. The Kier molecular flexibility index (Phi) is 6.45. The van der Waals surface area contributed by atoms with Crippen LogP contribution >= 0.6 is 0 Å². The first-order chi connectivity index (χ1) is 15.9. The van der Waals surface area contributed by atoms with E-state index in [-0.39, 0.29) is 24.1 Å². The molecule has 0 aliphatic heterocycles. The van der Waals surface area contributed by atoms with Gasteiger partial charge in [0.1, 0.15) is 17.1 Å². The van der Waals surface area contributed by atoms with Crippen molar-refractivity contribution < 1.29 is 23.5 Å². The molecule has 4 rings (SSSR count). The van der Waals surface area contributed by atoms with E-state index in [9.17, 15) is 9.59 Å². The minimum Gasteiger partial charge on any atom is -0.494 e. The van der Waals surface area contributed by atoms with E-state index in [1.54, 1.807) is 36.4 Å². The van der Waals surface area contributed by atoms with Crippen molar-refractivity contribution in [2.75, 3.05) is 18.5 Å². The lowest BCUT2D eigenvalue weighted by molar-refractivity contribution is -0.118. The molecule has 4 aromatic rings. The molecule has 0 saturated carbocycles. The number of hydrogen-bond donors (Lipinski definition) is 1. The highest BCUT2D eigenvalue weighted by molar-refractivity contribution is 6.17. The summed E-state index contributed by atoms with van der Waals surface area (Å²) in [5.74, 6) is 0.641. The van der Waals surface area contributed by atoms with Crippen LogP contribution in [0.15, 0.2) is 71.1 Å². The molecule has 3 aromatic carbocycles. The Morgan fingerprint density at radius 1 is 0.879 bits per heavy atom. The first-order valence-corrected chi connectivity index (χ1v) is 10.7. The highest BCUT2D eigenvalue weighted by atomic mass is 16.5. The number of nitrogens with one attached hydrogen (secondary N) is 1. The topological polar surface area (TPSA) is 77.8 Å². The maximum atomic E-state index is 13.2. The van der Waals surface area contributed by atoms with Crippen LogP contribution in [0.1, 0.15) is 34.2 Å². The van der Waals surface area contributed by atoms with E-state index in [0.29, 0.717) is 40.3 Å². The fourth-order valence-corrected chi connectivity index (χ4v) is 3.67. The van der Waals surface area contributed by atoms with Gasteiger partial charge >= 0.3 is 0 Å². The molecule has 0 aliphatic rings. The predicted molar refractivity (Wildman–Crippen MR) is 127 cm³/mol. The van der Waals surface area contributed by atoms with Crippen molar-refractivity contribution in [2.24, 2.45) is 0 Å². The second kappa shape index (κ2) is 9.61. The van der Waals surface area contributed by atoms with E-state index in [1.807, 2.05) is 51.1 Å². The molecule has 1 heterocycles. The van der Waals surface area contributed by atoms with Crippen molar-refractivity contribution in [1.29, 1.82) is 0 Å². The average molecular weight is 443 g/mol. The van der Waals surface area contributed by atoms with E-state index < -0.39 is 0 Å². The molecule has 0 spiro atoms. The fourth-order valence-electron chi connectivity index (χ4n) is 3.67. The van der Waals surface area contributed by atoms with Gasteiger partial charge in [-0.25, -0.2) is 0 Å². The van der Waals surface area contributed by atoms with E-state index in [2.05, 4.69) is 5.32 Å². The molecule has 6 nitrogen and oxygen atoms in total. The standard InChI is InChI=1S/C27H25NO5/c1-4-31-20-11-9-19(10-12-20)26(30)27-25(22-7-5-6-8-23(22)33-27)28-24(29)16-32-21-14-17(2)13-18(3)15-21/h5-15H,4,16H2,1-3H3,(H,28,29). The van der Waals surface area contributed by atoms with Crippen molar-refractivity contribution in [3.8, 4) is 11.5 Å². The normalized spacial score (nSPS) is 10.8. The van der Waals surface area contributed by atoms with Crippen molar-refractivity contribution in [2.45, 2.75) is 20.8 Å². The van der Waals surface area contributed by atoms with Crippen LogP contribution in [0.4, 0.5) is 5.69 Å². The van der Waals surface area contributed by atoms with Gasteiger partial charge < -0.3 is 19.2 Å². The summed E-state index contributed by atoms with van der Waals surface area (Å²) in [6.45, 7) is 6.18. The summed E-state index contributed by atoms with van der Waals surface area (Å²) in [6.07, 6.45) is 0. The zero-order valence-corrected chi connectivity index (χ0v) is 18.8. The molecular weight excluding hydrogens is 418 g/mol. The molecule has 0 atom stereocenters. The van der Waals surface area contributed by atoms with Gasteiger partial charge in [0.15, 0.2) is 12.4 Å². The summed E-state index contributed by atoms with van der Waals surface area (Å²) in [7, 11) is 0. The van der Waals surface area contributed by atoms with Gasteiger partial charge in [0.2, 0.25) is 5.78 Å². The van der Waals surface area contributed by atoms with Gasteiger partial charge in [0, 0.05) is 10.9 Å². The summed E-state index contributed by atoms with van der Waals surface area (Å²) in [5.41, 5.74) is 3.37.